The number of nitrogens with zero attached hydrogens (tertiary/aromatic N) is 3. The molecule has 0 bridgehead atoms. The van der Waals surface area contributed by atoms with Crippen LogP contribution in [0.1, 0.15) is 11.4 Å². The highest BCUT2D eigenvalue weighted by Gasteiger charge is 2.14. The van der Waals surface area contributed by atoms with E-state index < -0.39 is 17.1 Å². The minimum atomic E-state index is -2.93. The van der Waals surface area contributed by atoms with Crippen LogP contribution in [0.4, 0.5) is 14.5 Å². The summed E-state index contributed by atoms with van der Waals surface area (Å²) in [7, 11) is 0. The highest BCUT2D eigenvalue weighted by molar-refractivity contribution is 6.31. The van der Waals surface area contributed by atoms with Crippen LogP contribution in [0.3, 0.4) is 0 Å². The van der Waals surface area contributed by atoms with E-state index in [4.69, 9.17) is 11.6 Å². The Morgan fingerprint density at radius 2 is 1.82 bits per heavy atom. The largest absolute Gasteiger partial charge is 0.435 e. The molecule has 0 N–H and O–H groups in total. The first-order valence-electron chi connectivity index (χ1n) is 9.52. The van der Waals surface area contributed by atoms with Gasteiger partial charge in [-0.05, 0) is 48.0 Å². The molecule has 1 aromatic heterocycles. The lowest BCUT2D eigenvalue weighted by atomic mass is 10.2. The van der Waals surface area contributed by atoms with E-state index in [0.29, 0.717) is 16.1 Å². The Kier molecular flexibility index (Phi) is 6.14. The molecule has 4 aromatic rings. The molecule has 0 fully saturated rings. The van der Waals surface area contributed by atoms with Gasteiger partial charge in [0.15, 0.2) is 0 Å². The quantitative estimate of drug-likeness (QED) is 0.266. The Bertz CT molecular complexity index is 1440. The number of fused-ring (bicyclic) bond motifs is 1. The summed E-state index contributed by atoms with van der Waals surface area (Å²) >= 11 is 6.05. The zero-order chi connectivity index (χ0) is 23.5. The number of benzene rings is 3. The van der Waals surface area contributed by atoms with E-state index in [1.807, 2.05) is 0 Å². The molecule has 7 nitrogen and oxygen atoms in total. The average molecular weight is 470 g/mol. The highest BCUT2D eigenvalue weighted by atomic mass is 35.5. The van der Waals surface area contributed by atoms with Crippen LogP contribution in [-0.4, -0.2) is 21.1 Å². The molecule has 166 valence electrons. The summed E-state index contributed by atoms with van der Waals surface area (Å²) in [4.78, 5) is 28.5. The number of hydrogen-bond donors (Lipinski definition) is 0. The molecule has 0 atom stereocenters. The monoisotopic (exact) mass is 469 g/mol. The van der Waals surface area contributed by atoms with Crippen molar-refractivity contribution in [2.45, 2.75) is 6.61 Å². The molecule has 0 spiro atoms. The Labute approximate surface area is 190 Å². The van der Waals surface area contributed by atoms with Crippen molar-refractivity contribution in [1.29, 1.82) is 0 Å². The van der Waals surface area contributed by atoms with Crippen molar-refractivity contribution in [2.75, 3.05) is 0 Å². The Hall–Kier alpha value is -4.11. The fourth-order valence-electron chi connectivity index (χ4n) is 3.21. The van der Waals surface area contributed by atoms with Gasteiger partial charge in [0.2, 0.25) is 0 Å². The van der Waals surface area contributed by atoms with Gasteiger partial charge in [0, 0.05) is 17.2 Å². The maximum atomic E-state index is 13.3. The van der Waals surface area contributed by atoms with Crippen LogP contribution in [0.5, 0.6) is 5.75 Å². The van der Waals surface area contributed by atoms with Gasteiger partial charge in [-0.2, -0.15) is 8.78 Å². The van der Waals surface area contributed by atoms with Crippen molar-refractivity contribution in [3.63, 3.8) is 0 Å². The number of nitro groups is 1. The highest BCUT2D eigenvalue weighted by Crippen LogP contribution is 2.22. The third-order valence-electron chi connectivity index (χ3n) is 4.69. The van der Waals surface area contributed by atoms with Gasteiger partial charge < -0.3 is 4.74 Å². The summed E-state index contributed by atoms with van der Waals surface area (Å²) in [6.45, 7) is -2.93. The van der Waals surface area contributed by atoms with Gasteiger partial charge in [0.1, 0.15) is 11.6 Å². The van der Waals surface area contributed by atoms with Crippen molar-refractivity contribution in [3.05, 3.63) is 104 Å². The Balaban J connectivity index is 1.85. The average Bonchev–Trinajstić information content (AvgIpc) is 2.78. The van der Waals surface area contributed by atoms with Crippen LogP contribution < -0.4 is 10.3 Å². The maximum Gasteiger partial charge on any atom is 0.387 e. The lowest BCUT2D eigenvalue weighted by molar-refractivity contribution is -0.384. The van der Waals surface area contributed by atoms with Crippen LogP contribution in [-0.2, 0) is 0 Å². The van der Waals surface area contributed by atoms with E-state index in [1.54, 1.807) is 42.5 Å². The number of non-ortho nitro benzene ring substituents is 1. The number of alkyl halides is 2. The van der Waals surface area contributed by atoms with Crippen molar-refractivity contribution in [1.82, 2.24) is 9.55 Å². The standard InChI is InChI=1S/C23H14ClF2N3O4/c24-15-7-10-19-20(12-15)27-21(11-6-14-4-8-18(9-5-14)33-23(25)26)28(22(19)30)16-2-1-3-17(13-16)29(31)32/h1-13,23H/b11-6+. The normalized spacial score (nSPS) is 11.4. The molecule has 10 heteroatoms. The Morgan fingerprint density at radius 1 is 1.06 bits per heavy atom. The number of nitro benzene ring substituents is 1. The fourth-order valence-corrected chi connectivity index (χ4v) is 3.38. The van der Waals surface area contributed by atoms with E-state index in [9.17, 15) is 23.7 Å². The summed E-state index contributed by atoms with van der Waals surface area (Å²) in [5, 5.41) is 11.9. The first-order chi connectivity index (χ1) is 15.8. The van der Waals surface area contributed by atoms with Crippen LogP contribution in [0.15, 0.2) is 71.5 Å². The predicted molar refractivity (Wildman–Crippen MR) is 121 cm³/mol. The Morgan fingerprint density at radius 3 is 2.52 bits per heavy atom. The fraction of sp³-hybridized carbons (Fsp3) is 0.0435. The SMILES string of the molecule is O=c1c2ccc(Cl)cc2nc(/C=C/c2ccc(OC(F)F)cc2)n1-c1cccc([N+](=O)[O-])c1. The molecule has 3 aromatic carbocycles. The number of hydrogen-bond acceptors (Lipinski definition) is 5. The van der Waals surface area contributed by atoms with Gasteiger partial charge in [0.05, 0.1) is 21.5 Å². The van der Waals surface area contributed by atoms with Crippen LogP contribution in [0.2, 0.25) is 5.02 Å². The first-order valence-corrected chi connectivity index (χ1v) is 9.90. The molecule has 0 aliphatic heterocycles. The van der Waals surface area contributed by atoms with Crippen molar-refractivity contribution >= 4 is 40.3 Å². The molecule has 0 radical (unpaired) electrons. The second-order valence-electron chi connectivity index (χ2n) is 6.83. The summed E-state index contributed by atoms with van der Waals surface area (Å²) in [5.74, 6) is 0.206. The molecule has 0 unspecified atom stereocenters. The maximum absolute atomic E-state index is 13.3. The third kappa shape index (κ3) is 4.88. The molecule has 0 aliphatic carbocycles. The second kappa shape index (κ2) is 9.17. The lowest BCUT2D eigenvalue weighted by Gasteiger charge is -2.11. The predicted octanol–water partition coefficient (Wildman–Crippen LogP) is 5.72. The number of halogens is 3. The van der Waals surface area contributed by atoms with E-state index >= 15 is 0 Å². The molecular weight excluding hydrogens is 456 g/mol. The first kappa shape index (κ1) is 22.1. The number of ether oxygens (including phenoxy) is 1. The minimum Gasteiger partial charge on any atom is -0.435 e. The zero-order valence-electron chi connectivity index (χ0n) is 16.7. The molecule has 0 saturated carbocycles. The van der Waals surface area contributed by atoms with Gasteiger partial charge in [0.25, 0.3) is 11.2 Å². The van der Waals surface area contributed by atoms with Crippen molar-refractivity contribution in [2.24, 2.45) is 0 Å². The minimum absolute atomic E-state index is 0.00845. The molecular formula is C23H14ClF2N3O4. The summed E-state index contributed by atoms with van der Waals surface area (Å²) in [5.41, 5.74) is 0.633. The van der Waals surface area contributed by atoms with Crippen LogP contribution >= 0.6 is 11.6 Å². The number of rotatable bonds is 6. The molecule has 33 heavy (non-hydrogen) atoms. The second-order valence-corrected chi connectivity index (χ2v) is 7.27. The lowest BCUT2D eigenvalue weighted by Crippen LogP contribution is -2.22. The van der Waals surface area contributed by atoms with E-state index in [-0.39, 0.29) is 28.3 Å². The molecule has 4 rings (SSSR count). The van der Waals surface area contributed by atoms with Gasteiger partial charge >= 0.3 is 6.61 Å². The zero-order valence-corrected chi connectivity index (χ0v) is 17.4. The van der Waals surface area contributed by atoms with Crippen molar-refractivity contribution in [3.8, 4) is 11.4 Å². The smallest absolute Gasteiger partial charge is 0.387 e. The van der Waals surface area contributed by atoms with E-state index in [2.05, 4.69) is 9.72 Å². The molecule has 0 amide bonds. The van der Waals surface area contributed by atoms with E-state index in [0.717, 1.165) is 0 Å². The van der Waals surface area contributed by atoms with Gasteiger partial charge in [-0.1, -0.05) is 35.9 Å². The van der Waals surface area contributed by atoms with Crippen LogP contribution in [0.25, 0.3) is 28.7 Å². The summed E-state index contributed by atoms with van der Waals surface area (Å²) in [6, 6.07) is 16.2. The van der Waals surface area contributed by atoms with E-state index in [1.165, 1.54) is 41.0 Å². The third-order valence-corrected chi connectivity index (χ3v) is 4.92. The van der Waals surface area contributed by atoms with Gasteiger partial charge in [-0.15, -0.1) is 0 Å². The number of aromatic nitrogens is 2. The molecule has 0 aliphatic rings. The molecule has 0 saturated heterocycles. The molecule has 1 heterocycles. The summed E-state index contributed by atoms with van der Waals surface area (Å²) in [6.07, 6.45) is 3.17. The summed E-state index contributed by atoms with van der Waals surface area (Å²) < 4.78 is 30.3. The van der Waals surface area contributed by atoms with Gasteiger partial charge in [-0.25, -0.2) is 4.98 Å². The topological polar surface area (TPSA) is 87.3 Å². The van der Waals surface area contributed by atoms with Crippen molar-refractivity contribution < 1.29 is 18.4 Å². The van der Waals surface area contributed by atoms with Crippen LogP contribution in [0, 0.1) is 10.1 Å². The van der Waals surface area contributed by atoms with Gasteiger partial charge in [-0.3, -0.25) is 19.5 Å².